The van der Waals surface area contributed by atoms with Crippen molar-refractivity contribution in [2.24, 2.45) is 0 Å². The Labute approximate surface area is 144 Å². The number of benzene rings is 2. The highest BCUT2D eigenvalue weighted by Crippen LogP contribution is 2.07. The van der Waals surface area contributed by atoms with Crippen LogP contribution in [0.25, 0.3) is 0 Å². The van der Waals surface area contributed by atoms with Crippen LogP contribution in [-0.4, -0.2) is 29.1 Å². The van der Waals surface area contributed by atoms with Gasteiger partial charge in [-0.3, -0.25) is 4.79 Å². The van der Waals surface area contributed by atoms with E-state index in [-0.39, 0.29) is 6.61 Å². The molecule has 0 fully saturated rings. The number of para-hydroxylation sites is 1. The maximum absolute atomic E-state index is 11.9. The first-order valence-electron chi connectivity index (χ1n) is 7.59. The molecule has 130 valence electrons. The van der Waals surface area contributed by atoms with E-state index in [9.17, 15) is 19.5 Å². The summed E-state index contributed by atoms with van der Waals surface area (Å²) in [4.78, 5) is 34.9. The lowest BCUT2D eigenvalue weighted by Gasteiger charge is -2.14. The summed E-state index contributed by atoms with van der Waals surface area (Å²) in [6.45, 7) is 0.00915. The number of carboxylic acid groups (broad SMARTS) is 1. The Balaban J connectivity index is 1.84. The summed E-state index contributed by atoms with van der Waals surface area (Å²) in [5.74, 6) is -1.85. The van der Waals surface area contributed by atoms with Crippen molar-refractivity contribution >= 4 is 23.7 Å². The molecule has 25 heavy (non-hydrogen) atoms. The summed E-state index contributed by atoms with van der Waals surface area (Å²) in [5, 5.41) is 13.9. The second-order valence-electron chi connectivity index (χ2n) is 5.22. The molecule has 0 spiro atoms. The number of carbonyl (C=O) groups excluding carboxylic acids is 2. The average molecular weight is 342 g/mol. The molecule has 2 aromatic rings. The minimum absolute atomic E-state index is 0.00915. The zero-order chi connectivity index (χ0) is 18.1. The molecule has 0 bridgehead atoms. The van der Waals surface area contributed by atoms with Crippen LogP contribution < -0.4 is 10.6 Å². The van der Waals surface area contributed by atoms with E-state index in [1.54, 1.807) is 54.6 Å². The number of rotatable bonds is 7. The van der Waals surface area contributed by atoms with Gasteiger partial charge in [0.2, 0.25) is 5.91 Å². The SMILES string of the molecule is O=C(C[C@H](NC(=O)OCc1ccccc1)C(=O)O)Nc1ccccc1. The predicted octanol–water partition coefficient (Wildman–Crippen LogP) is 2.39. The zero-order valence-electron chi connectivity index (χ0n) is 13.3. The van der Waals surface area contributed by atoms with E-state index in [4.69, 9.17) is 4.74 Å². The number of ether oxygens (including phenoxy) is 1. The Bertz CT molecular complexity index is 719. The van der Waals surface area contributed by atoms with Crippen molar-refractivity contribution < 1.29 is 24.2 Å². The number of alkyl carbamates (subject to hydrolysis) is 1. The minimum atomic E-state index is -1.38. The molecule has 3 N–H and O–H groups in total. The van der Waals surface area contributed by atoms with Gasteiger partial charge in [0.1, 0.15) is 12.6 Å². The fraction of sp³-hybridized carbons (Fsp3) is 0.167. The third kappa shape index (κ3) is 6.34. The maximum atomic E-state index is 11.9. The van der Waals surface area contributed by atoms with E-state index < -0.39 is 30.4 Å². The number of anilines is 1. The molecule has 0 heterocycles. The van der Waals surface area contributed by atoms with Gasteiger partial charge in [0.15, 0.2) is 0 Å². The van der Waals surface area contributed by atoms with Crippen LogP contribution in [-0.2, 0) is 20.9 Å². The topological polar surface area (TPSA) is 105 Å². The van der Waals surface area contributed by atoms with E-state index in [0.29, 0.717) is 5.69 Å². The summed E-state index contributed by atoms with van der Waals surface area (Å²) in [6.07, 6.45) is -1.31. The number of nitrogens with one attached hydrogen (secondary N) is 2. The van der Waals surface area contributed by atoms with Gasteiger partial charge in [0, 0.05) is 5.69 Å². The quantitative estimate of drug-likeness (QED) is 0.716. The third-order valence-electron chi connectivity index (χ3n) is 3.25. The highest BCUT2D eigenvalue weighted by Gasteiger charge is 2.24. The summed E-state index contributed by atoms with van der Waals surface area (Å²) in [5.41, 5.74) is 1.31. The van der Waals surface area contributed by atoms with Crippen molar-refractivity contribution in [3.8, 4) is 0 Å². The lowest BCUT2D eigenvalue weighted by Crippen LogP contribution is -2.43. The van der Waals surface area contributed by atoms with Gasteiger partial charge in [-0.15, -0.1) is 0 Å². The first-order valence-corrected chi connectivity index (χ1v) is 7.59. The molecule has 2 aromatic carbocycles. The molecular weight excluding hydrogens is 324 g/mol. The van der Waals surface area contributed by atoms with Crippen molar-refractivity contribution in [3.63, 3.8) is 0 Å². The average Bonchev–Trinajstić information content (AvgIpc) is 2.61. The van der Waals surface area contributed by atoms with E-state index in [1.807, 2.05) is 6.07 Å². The van der Waals surface area contributed by atoms with Crippen LogP contribution in [0.3, 0.4) is 0 Å². The summed E-state index contributed by atoms with van der Waals surface area (Å²) < 4.78 is 4.96. The second-order valence-corrected chi connectivity index (χ2v) is 5.22. The van der Waals surface area contributed by atoms with Crippen LogP contribution in [0.1, 0.15) is 12.0 Å². The van der Waals surface area contributed by atoms with Gasteiger partial charge in [-0.25, -0.2) is 9.59 Å². The van der Waals surface area contributed by atoms with E-state index >= 15 is 0 Å². The zero-order valence-corrected chi connectivity index (χ0v) is 13.3. The van der Waals surface area contributed by atoms with Crippen LogP contribution in [0.4, 0.5) is 10.5 Å². The van der Waals surface area contributed by atoms with Crippen LogP contribution in [0.15, 0.2) is 60.7 Å². The van der Waals surface area contributed by atoms with Crippen molar-refractivity contribution in [1.29, 1.82) is 0 Å². The molecule has 2 rings (SSSR count). The van der Waals surface area contributed by atoms with Crippen LogP contribution >= 0.6 is 0 Å². The molecule has 0 radical (unpaired) electrons. The number of aliphatic carboxylic acids is 1. The van der Waals surface area contributed by atoms with Gasteiger partial charge in [0.05, 0.1) is 6.42 Å². The second kappa shape index (κ2) is 9.07. The molecule has 0 unspecified atom stereocenters. The fourth-order valence-corrected chi connectivity index (χ4v) is 2.03. The molecule has 0 aromatic heterocycles. The van der Waals surface area contributed by atoms with Crippen molar-refractivity contribution in [3.05, 3.63) is 66.2 Å². The smallest absolute Gasteiger partial charge is 0.408 e. The summed E-state index contributed by atoms with van der Waals surface area (Å²) >= 11 is 0. The van der Waals surface area contributed by atoms with Crippen LogP contribution in [0.2, 0.25) is 0 Å². The van der Waals surface area contributed by atoms with Crippen LogP contribution in [0, 0.1) is 0 Å². The normalized spacial score (nSPS) is 11.2. The number of hydrogen-bond acceptors (Lipinski definition) is 4. The first-order chi connectivity index (χ1) is 12.0. The van der Waals surface area contributed by atoms with Gasteiger partial charge < -0.3 is 20.5 Å². The van der Waals surface area contributed by atoms with E-state index in [0.717, 1.165) is 5.56 Å². The Morgan fingerprint density at radius 2 is 1.56 bits per heavy atom. The third-order valence-corrected chi connectivity index (χ3v) is 3.25. The number of carboxylic acids is 1. The molecule has 7 heteroatoms. The van der Waals surface area contributed by atoms with Crippen molar-refractivity contribution in [2.75, 3.05) is 5.32 Å². The lowest BCUT2D eigenvalue weighted by atomic mass is 10.2. The van der Waals surface area contributed by atoms with E-state index in [1.165, 1.54) is 0 Å². The molecule has 0 aliphatic rings. The largest absolute Gasteiger partial charge is 0.480 e. The van der Waals surface area contributed by atoms with Gasteiger partial charge in [-0.05, 0) is 17.7 Å². The Hall–Kier alpha value is -3.35. The molecule has 0 saturated carbocycles. The molecule has 7 nitrogen and oxygen atoms in total. The number of carbonyl (C=O) groups is 3. The van der Waals surface area contributed by atoms with Gasteiger partial charge >= 0.3 is 12.1 Å². The highest BCUT2D eigenvalue weighted by molar-refractivity contribution is 5.94. The first kappa shape index (κ1) is 18.0. The molecular formula is C18H18N2O5. The molecule has 0 aliphatic heterocycles. The van der Waals surface area contributed by atoms with Crippen molar-refractivity contribution in [2.45, 2.75) is 19.1 Å². The number of hydrogen-bond donors (Lipinski definition) is 3. The Morgan fingerprint density at radius 1 is 0.960 bits per heavy atom. The van der Waals surface area contributed by atoms with Gasteiger partial charge in [-0.1, -0.05) is 48.5 Å². The summed E-state index contributed by atoms with van der Waals surface area (Å²) in [7, 11) is 0. The lowest BCUT2D eigenvalue weighted by molar-refractivity contribution is -0.140. The highest BCUT2D eigenvalue weighted by atomic mass is 16.5. The fourth-order valence-electron chi connectivity index (χ4n) is 2.03. The van der Waals surface area contributed by atoms with E-state index in [2.05, 4.69) is 10.6 Å². The maximum Gasteiger partial charge on any atom is 0.408 e. The Kier molecular flexibility index (Phi) is 6.53. The van der Waals surface area contributed by atoms with Gasteiger partial charge in [0.25, 0.3) is 0 Å². The molecule has 2 amide bonds. The Morgan fingerprint density at radius 3 is 2.16 bits per heavy atom. The van der Waals surface area contributed by atoms with Crippen molar-refractivity contribution in [1.82, 2.24) is 5.32 Å². The monoisotopic (exact) mass is 342 g/mol. The number of amides is 2. The molecule has 0 aliphatic carbocycles. The standard InChI is InChI=1S/C18H18N2O5/c21-16(19-14-9-5-2-6-10-14)11-15(17(22)23)20-18(24)25-12-13-7-3-1-4-8-13/h1-10,15H,11-12H2,(H,19,21)(H,20,24)(H,22,23)/t15-/m0/s1. The minimum Gasteiger partial charge on any atom is -0.480 e. The molecule has 0 saturated heterocycles. The predicted molar refractivity (Wildman–Crippen MR) is 90.9 cm³/mol. The van der Waals surface area contributed by atoms with Crippen LogP contribution in [0.5, 0.6) is 0 Å². The molecule has 1 atom stereocenters. The van der Waals surface area contributed by atoms with Gasteiger partial charge in [-0.2, -0.15) is 0 Å². The summed E-state index contributed by atoms with van der Waals surface area (Å²) in [6, 6.07) is 16.2.